The van der Waals surface area contributed by atoms with E-state index in [-0.39, 0.29) is 11.9 Å². The van der Waals surface area contributed by atoms with Crippen molar-refractivity contribution in [3.8, 4) is 0 Å². The second-order valence-electron chi connectivity index (χ2n) is 4.89. The van der Waals surface area contributed by atoms with Crippen LogP contribution in [0, 0.1) is 12.7 Å². The van der Waals surface area contributed by atoms with Gasteiger partial charge in [0, 0.05) is 12.2 Å². The van der Waals surface area contributed by atoms with E-state index in [0.29, 0.717) is 12.2 Å². The van der Waals surface area contributed by atoms with Crippen LogP contribution in [0.4, 0.5) is 4.39 Å². The van der Waals surface area contributed by atoms with E-state index in [2.05, 4.69) is 5.43 Å². The minimum Gasteiger partial charge on any atom is -0.373 e. The number of halogens is 1. The summed E-state index contributed by atoms with van der Waals surface area (Å²) in [4.78, 5) is 0. The molecule has 0 spiro atoms. The average Bonchev–Trinajstić information content (AvgIpc) is 2.72. The zero-order chi connectivity index (χ0) is 12.5. The van der Waals surface area contributed by atoms with Gasteiger partial charge in [0.05, 0.1) is 11.6 Å². The van der Waals surface area contributed by atoms with E-state index in [1.807, 2.05) is 19.9 Å². The van der Waals surface area contributed by atoms with Crippen molar-refractivity contribution in [3.05, 3.63) is 35.1 Å². The second-order valence-corrected chi connectivity index (χ2v) is 4.89. The van der Waals surface area contributed by atoms with Gasteiger partial charge in [0.1, 0.15) is 5.82 Å². The van der Waals surface area contributed by atoms with Crippen LogP contribution in [0.15, 0.2) is 18.2 Å². The Labute approximate surface area is 101 Å². The number of hydrogen-bond donors (Lipinski definition) is 2. The fourth-order valence-corrected chi connectivity index (χ4v) is 2.51. The summed E-state index contributed by atoms with van der Waals surface area (Å²) in [6, 6.07) is 4.74. The summed E-state index contributed by atoms with van der Waals surface area (Å²) in [7, 11) is 0. The molecule has 4 heteroatoms. The van der Waals surface area contributed by atoms with E-state index >= 15 is 0 Å². The van der Waals surface area contributed by atoms with Crippen LogP contribution in [0.3, 0.4) is 0 Å². The maximum absolute atomic E-state index is 13.9. The fourth-order valence-electron chi connectivity index (χ4n) is 2.51. The van der Waals surface area contributed by atoms with Gasteiger partial charge in [0.15, 0.2) is 0 Å². The fraction of sp³-hybridized carbons (Fsp3) is 0.538. The molecule has 2 rings (SSSR count). The third kappa shape index (κ3) is 2.34. The number of hydrazine groups is 1. The summed E-state index contributed by atoms with van der Waals surface area (Å²) in [5.74, 6) is 5.35. The van der Waals surface area contributed by atoms with E-state index in [9.17, 15) is 4.39 Å². The number of hydrogen-bond acceptors (Lipinski definition) is 3. The smallest absolute Gasteiger partial charge is 0.128 e. The van der Waals surface area contributed by atoms with Gasteiger partial charge in [-0.3, -0.25) is 5.84 Å². The summed E-state index contributed by atoms with van der Waals surface area (Å²) in [5.41, 5.74) is 3.87. The zero-order valence-electron chi connectivity index (χ0n) is 10.3. The third-order valence-corrected chi connectivity index (χ3v) is 3.49. The average molecular weight is 238 g/mol. The first kappa shape index (κ1) is 12.5. The standard InChI is InChI=1S/C13H19FN2O/c1-9-4-5-11(14)10(8-9)12(16-15)13(2)6-3-7-17-13/h4-5,8,12,16H,3,6-7,15H2,1-2H3. The van der Waals surface area contributed by atoms with Crippen molar-refractivity contribution in [1.29, 1.82) is 0 Å². The highest BCUT2D eigenvalue weighted by Gasteiger charge is 2.40. The molecule has 1 aliphatic rings. The Balaban J connectivity index is 2.37. The van der Waals surface area contributed by atoms with Gasteiger partial charge in [0.2, 0.25) is 0 Å². The molecule has 0 bridgehead atoms. The van der Waals surface area contributed by atoms with Crippen molar-refractivity contribution >= 4 is 0 Å². The van der Waals surface area contributed by atoms with Gasteiger partial charge in [-0.1, -0.05) is 17.7 Å². The predicted molar refractivity (Wildman–Crippen MR) is 64.8 cm³/mol. The SMILES string of the molecule is Cc1ccc(F)c(C(NN)C2(C)CCCO2)c1. The number of ether oxygens (including phenoxy) is 1. The highest BCUT2D eigenvalue weighted by molar-refractivity contribution is 5.29. The number of nitrogens with one attached hydrogen (secondary N) is 1. The maximum atomic E-state index is 13.9. The van der Waals surface area contributed by atoms with Crippen LogP contribution in [0.1, 0.15) is 36.9 Å². The van der Waals surface area contributed by atoms with Crippen molar-refractivity contribution in [2.45, 2.75) is 38.3 Å². The molecule has 94 valence electrons. The first-order valence-corrected chi connectivity index (χ1v) is 5.93. The summed E-state index contributed by atoms with van der Waals surface area (Å²) in [6.45, 7) is 4.63. The van der Waals surface area contributed by atoms with Gasteiger partial charge in [0.25, 0.3) is 0 Å². The number of rotatable bonds is 3. The molecule has 1 saturated heterocycles. The van der Waals surface area contributed by atoms with Crippen LogP contribution in [0.5, 0.6) is 0 Å². The molecule has 2 unspecified atom stereocenters. The van der Waals surface area contributed by atoms with Crippen molar-refractivity contribution in [1.82, 2.24) is 5.43 Å². The van der Waals surface area contributed by atoms with E-state index in [1.54, 1.807) is 6.07 Å². The highest BCUT2D eigenvalue weighted by Crippen LogP contribution is 2.37. The highest BCUT2D eigenvalue weighted by atomic mass is 19.1. The molecular weight excluding hydrogens is 219 g/mol. The van der Waals surface area contributed by atoms with Crippen LogP contribution >= 0.6 is 0 Å². The molecule has 1 aromatic carbocycles. The molecule has 0 radical (unpaired) electrons. The molecule has 0 amide bonds. The van der Waals surface area contributed by atoms with E-state index in [0.717, 1.165) is 18.4 Å². The van der Waals surface area contributed by atoms with Gasteiger partial charge in [-0.2, -0.15) is 0 Å². The molecule has 0 aromatic heterocycles. The molecular formula is C13H19FN2O. The van der Waals surface area contributed by atoms with Crippen LogP contribution in [-0.4, -0.2) is 12.2 Å². The summed E-state index contributed by atoms with van der Waals surface area (Å²) in [5, 5.41) is 0. The Morgan fingerprint density at radius 1 is 1.53 bits per heavy atom. The van der Waals surface area contributed by atoms with Crippen molar-refractivity contribution in [3.63, 3.8) is 0 Å². The summed E-state index contributed by atoms with van der Waals surface area (Å²) >= 11 is 0. The van der Waals surface area contributed by atoms with Gasteiger partial charge in [-0.15, -0.1) is 0 Å². The lowest BCUT2D eigenvalue weighted by Gasteiger charge is -2.33. The topological polar surface area (TPSA) is 47.3 Å². The molecule has 3 N–H and O–H groups in total. The summed E-state index contributed by atoms with van der Waals surface area (Å²) < 4.78 is 19.6. The number of aryl methyl sites for hydroxylation is 1. The molecule has 17 heavy (non-hydrogen) atoms. The van der Waals surface area contributed by atoms with Gasteiger partial charge < -0.3 is 4.74 Å². The Hall–Kier alpha value is -0.970. The number of nitrogens with two attached hydrogens (primary N) is 1. The van der Waals surface area contributed by atoms with Crippen molar-refractivity contribution < 1.29 is 9.13 Å². The number of benzene rings is 1. The molecule has 2 atom stereocenters. The first-order valence-electron chi connectivity index (χ1n) is 5.93. The lowest BCUT2D eigenvalue weighted by molar-refractivity contribution is -0.0134. The molecule has 1 aromatic rings. The molecule has 1 aliphatic heterocycles. The quantitative estimate of drug-likeness (QED) is 0.627. The largest absolute Gasteiger partial charge is 0.373 e. The van der Waals surface area contributed by atoms with Gasteiger partial charge >= 0.3 is 0 Å². The van der Waals surface area contributed by atoms with E-state index in [1.165, 1.54) is 6.07 Å². The van der Waals surface area contributed by atoms with Crippen LogP contribution in [0.25, 0.3) is 0 Å². The zero-order valence-corrected chi connectivity index (χ0v) is 10.3. The minimum atomic E-state index is -0.427. The second kappa shape index (κ2) is 4.72. The van der Waals surface area contributed by atoms with E-state index in [4.69, 9.17) is 10.6 Å². The van der Waals surface area contributed by atoms with Crippen molar-refractivity contribution in [2.75, 3.05) is 6.61 Å². The Morgan fingerprint density at radius 3 is 2.88 bits per heavy atom. The van der Waals surface area contributed by atoms with Crippen LogP contribution < -0.4 is 11.3 Å². The molecule has 0 aliphatic carbocycles. The Morgan fingerprint density at radius 2 is 2.29 bits per heavy atom. The predicted octanol–water partition coefficient (Wildman–Crippen LogP) is 2.21. The maximum Gasteiger partial charge on any atom is 0.128 e. The van der Waals surface area contributed by atoms with Gasteiger partial charge in [-0.25, -0.2) is 9.82 Å². The van der Waals surface area contributed by atoms with E-state index < -0.39 is 5.60 Å². The molecule has 1 fully saturated rings. The van der Waals surface area contributed by atoms with Crippen LogP contribution in [0.2, 0.25) is 0 Å². The molecule has 1 heterocycles. The summed E-state index contributed by atoms with van der Waals surface area (Å²) in [6.07, 6.45) is 1.87. The monoisotopic (exact) mass is 238 g/mol. The third-order valence-electron chi connectivity index (χ3n) is 3.49. The Bertz CT molecular complexity index is 402. The molecule has 0 saturated carbocycles. The lowest BCUT2D eigenvalue weighted by Crippen LogP contribution is -2.44. The normalized spacial score (nSPS) is 26.1. The molecule has 3 nitrogen and oxygen atoms in total. The van der Waals surface area contributed by atoms with Crippen LogP contribution in [-0.2, 0) is 4.74 Å². The van der Waals surface area contributed by atoms with Gasteiger partial charge in [-0.05, 0) is 32.8 Å². The van der Waals surface area contributed by atoms with Crippen molar-refractivity contribution in [2.24, 2.45) is 5.84 Å². The lowest BCUT2D eigenvalue weighted by atomic mass is 9.87. The Kier molecular flexibility index (Phi) is 3.47. The first-order chi connectivity index (χ1) is 8.07. The minimum absolute atomic E-state index is 0.240.